The molecular formula is C18H25F2N. The number of benzene rings is 1. The van der Waals surface area contributed by atoms with Crippen molar-refractivity contribution in [2.75, 3.05) is 0 Å². The molecule has 1 N–H and O–H groups in total. The van der Waals surface area contributed by atoms with Crippen LogP contribution in [0, 0.1) is 16.7 Å². The molecule has 116 valence electrons. The summed E-state index contributed by atoms with van der Waals surface area (Å²) in [5.74, 6) is 0.821. The Hall–Kier alpha value is -0.960. The number of alkyl halides is 2. The first kappa shape index (κ1) is 15.0. The predicted octanol–water partition coefficient (Wildman–Crippen LogP) is 4.93. The Labute approximate surface area is 126 Å². The van der Waals surface area contributed by atoms with E-state index in [4.69, 9.17) is 0 Å². The Morgan fingerprint density at radius 1 is 1.19 bits per heavy atom. The number of fused-ring (bicyclic) bond motifs is 2. The van der Waals surface area contributed by atoms with E-state index in [1.165, 1.54) is 31.4 Å². The fraction of sp³-hybridized carbons (Fsp3) is 0.667. The topological polar surface area (TPSA) is 12.0 Å². The monoisotopic (exact) mass is 293 g/mol. The molecule has 2 fully saturated rings. The van der Waals surface area contributed by atoms with Gasteiger partial charge in [0.1, 0.15) is 0 Å². The van der Waals surface area contributed by atoms with Crippen LogP contribution in [-0.2, 0) is 6.54 Å². The van der Waals surface area contributed by atoms with E-state index in [2.05, 4.69) is 26.1 Å². The summed E-state index contributed by atoms with van der Waals surface area (Å²) in [5.41, 5.74) is 1.92. The lowest BCUT2D eigenvalue weighted by Crippen LogP contribution is -2.49. The highest BCUT2D eigenvalue weighted by Crippen LogP contribution is 2.62. The minimum atomic E-state index is -2.38. The number of hydrogen-bond acceptors (Lipinski definition) is 1. The maximum atomic E-state index is 12.6. The SMILES string of the molecule is CC12CCC(C1)C(C)(C)C2NCc1ccc(C(F)F)cc1. The molecule has 0 amide bonds. The smallest absolute Gasteiger partial charge is 0.263 e. The van der Waals surface area contributed by atoms with Gasteiger partial charge in [-0.3, -0.25) is 0 Å². The van der Waals surface area contributed by atoms with Gasteiger partial charge in [0.25, 0.3) is 6.43 Å². The van der Waals surface area contributed by atoms with Crippen LogP contribution in [0.2, 0.25) is 0 Å². The second kappa shape index (κ2) is 5.05. The van der Waals surface area contributed by atoms with Crippen LogP contribution in [0.15, 0.2) is 24.3 Å². The Balaban J connectivity index is 1.67. The van der Waals surface area contributed by atoms with Gasteiger partial charge in [-0.05, 0) is 41.6 Å². The minimum Gasteiger partial charge on any atom is -0.309 e. The molecule has 0 aromatic heterocycles. The number of rotatable bonds is 4. The Bertz CT molecular complexity index is 504. The molecule has 2 aliphatic rings. The summed E-state index contributed by atoms with van der Waals surface area (Å²) < 4.78 is 25.1. The first-order valence-corrected chi connectivity index (χ1v) is 7.93. The number of hydrogen-bond donors (Lipinski definition) is 1. The van der Waals surface area contributed by atoms with Crippen molar-refractivity contribution in [3.8, 4) is 0 Å². The van der Waals surface area contributed by atoms with Gasteiger partial charge in [0.05, 0.1) is 0 Å². The van der Waals surface area contributed by atoms with Crippen LogP contribution in [0.4, 0.5) is 8.78 Å². The van der Waals surface area contributed by atoms with Crippen LogP contribution >= 0.6 is 0 Å². The Morgan fingerprint density at radius 3 is 2.38 bits per heavy atom. The quantitative estimate of drug-likeness (QED) is 0.830. The van der Waals surface area contributed by atoms with E-state index in [9.17, 15) is 8.78 Å². The maximum absolute atomic E-state index is 12.6. The van der Waals surface area contributed by atoms with Gasteiger partial charge in [-0.1, -0.05) is 45.0 Å². The molecule has 0 heterocycles. The van der Waals surface area contributed by atoms with Gasteiger partial charge in [-0.15, -0.1) is 0 Å². The highest BCUT2D eigenvalue weighted by atomic mass is 19.3. The van der Waals surface area contributed by atoms with Gasteiger partial charge in [-0.2, -0.15) is 0 Å². The molecule has 2 bridgehead atoms. The van der Waals surface area contributed by atoms with Gasteiger partial charge in [-0.25, -0.2) is 8.78 Å². The molecule has 1 aromatic carbocycles. The molecule has 0 radical (unpaired) electrons. The molecule has 21 heavy (non-hydrogen) atoms. The molecule has 3 heteroatoms. The summed E-state index contributed by atoms with van der Waals surface area (Å²) in [7, 11) is 0. The highest BCUT2D eigenvalue weighted by Gasteiger charge is 2.58. The van der Waals surface area contributed by atoms with Crippen LogP contribution in [0.1, 0.15) is 57.6 Å². The van der Waals surface area contributed by atoms with Crippen molar-refractivity contribution in [3.63, 3.8) is 0 Å². The average molecular weight is 293 g/mol. The first-order chi connectivity index (χ1) is 9.83. The third kappa shape index (κ3) is 2.50. The molecule has 3 atom stereocenters. The molecule has 0 spiro atoms. The summed E-state index contributed by atoms with van der Waals surface area (Å²) in [4.78, 5) is 0. The van der Waals surface area contributed by atoms with Crippen LogP contribution in [0.3, 0.4) is 0 Å². The van der Waals surface area contributed by atoms with Gasteiger partial charge >= 0.3 is 0 Å². The molecule has 2 saturated carbocycles. The molecular weight excluding hydrogens is 268 g/mol. The lowest BCUT2D eigenvalue weighted by molar-refractivity contribution is 0.108. The third-order valence-corrected chi connectivity index (χ3v) is 6.01. The van der Waals surface area contributed by atoms with E-state index >= 15 is 0 Å². The fourth-order valence-electron chi connectivity index (χ4n) is 4.81. The highest BCUT2D eigenvalue weighted by molar-refractivity contribution is 5.23. The van der Waals surface area contributed by atoms with Crippen molar-refractivity contribution in [2.24, 2.45) is 16.7 Å². The second-order valence-corrected chi connectivity index (χ2v) is 7.77. The summed E-state index contributed by atoms with van der Waals surface area (Å²) >= 11 is 0. The van der Waals surface area contributed by atoms with Crippen LogP contribution in [0.25, 0.3) is 0 Å². The normalized spacial score (nSPS) is 33.8. The van der Waals surface area contributed by atoms with Crippen molar-refractivity contribution in [2.45, 2.75) is 59.0 Å². The zero-order chi connectivity index (χ0) is 15.3. The third-order valence-electron chi connectivity index (χ3n) is 6.01. The number of nitrogens with one attached hydrogen (secondary N) is 1. The summed E-state index contributed by atoms with van der Waals surface area (Å²) in [6.07, 6.45) is 1.60. The standard InChI is InChI=1S/C18H25F2N/c1-17(2)14-8-9-18(3,10-14)16(17)21-11-12-4-6-13(7-5-12)15(19)20/h4-7,14-16,21H,8-11H2,1-3H3. The van der Waals surface area contributed by atoms with Gasteiger partial charge < -0.3 is 5.32 Å². The maximum Gasteiger partial charge on any atom is 0.263 e. The van der Waals surface area contributed by atoms with Gasteiger partial charge in [0, 0.05) is 18.2 Å². The van der Waals surface area contributed by atoms with E-state index in [0.29, 0.717) is 16.9 Å². The lowest BCUT2D eigenvalue weighted by Gasteiger charge is -2.43. The van der Waals surface area contributed by atoms with Crippen molar-refractivity contribution < 1.29 is 8.78 Å². The zero-order valence-corrected chi connectivity index (χ0v) is 13.1. The Kier molecular flexibility index (Phi) is 3.59. The van der Waals surface area contributed by atoms with Crippen LogP contribution in [-0.4, -0.2) is 6.04 Å². The fourth-order valence-corrected chi connectivity index (χ4v) is 4.81. The molecule has 0 aliphatic heterocycles. The van der Waals surface area contributed by atoms with Crippen LogP contribution < -0.4 is 5.32 Å². The molecule has 2 aliphatic carbocycles. The molecule has 3 unspecified atom stereocenters. The van der Waals surface area contributed by atoms with E-state index in [0.717, 1.165) is 18.0 Å². The summed E-state index contributed by atoms with van der Waals surface area (Å²) in [5, 5.41) is 3.72. The lowest BCUT2D eigenvalue weighted by atomic mass is 9.68. The van der Waals surface area contributed by atoms with Crippen LogP contribution in [0.5, 0.6) is 0 Å². The zero-order valence-electron chi connectivity index (χ0n) is 13.1. The molecule has 1 aromatic rings. The Morgan fingerprint density at radius 2 is 1.86 bits per heavy atom. The van der Waals surface area contributed by atoms with Crippen molar-refractivity contribution in [3.05, 3.63) is 35.4 Å². The average Bonchev–Trinajstić information content (AvgIpc) is 2.90. The van der Waals surface area contributed by atoms with E-state index in [-0.39, 0.29) is 5.56 Å². The molecule has 3 rings (SSSR count). The molecule has 0 saturated heterocycles. The first-order valence-electron chi connectivity index (χ1n) is 7.93. The van der Waals surface area contributed by atoms with Crippen molar-refractivity contribution in [1.29, 1.82) is 0 Å². The van der Waals surface area contributed by atoms with Crippen molar-refractivity contribution >= 4 is 0 Å². The van der Waals surface area contributed by atoms with E-state index in [1.807, 2.05) is 12.1 Å². The molecule has 1 nitrogen and oxygen atoms in total. The predicted molar refractivity (Wildman–Crippen MR) is 81.3 cm³/mol. The summed E-state index contributed by atoms with van der Waals surface area (Å²) in [6.45, 7) is 7.92. The van der Waals surface area contributed by atoms with E-state index in [1.54, 1.807) is 0 Å². The van der Waals surface area contributed by atoms with E-state index < -0.39 is 6.43 Å². The van der Waals surface area contributed by atoms with Gasteiger partial charge in [0.15, 0.2) is 0 Å². The minimum absolute atomic E-state index is 0.103. The van der Waals surface area contributed by atoms with Crippen molar-refractivity contribution in [1.82, 2.24) is 5.32 Å². The second-order valence-electron chi connectivity index (χ2n) is 7.77. The largest absolute Gasteiger partial charge is 0.309 e. The summed E-state index contributed by atoms with van der Waals surface area (Å²) in [6, 6.07) is 7.22. The number of halogens is 2. The van der Waals surface area contributed by atoms with Gasteiger partial charge in [0.2, 0.25) is 0 Å².